The molecule has 0 saturated heterocycles. The van der Waals surface area contributed by atoms with Gasteiger partial charge >= 0.3 is 5.97 Å². The van der Waals surface area contributed by atoms with Gasteiger partial charge in [0.15, 0.2) is 0 Å². The average molecular weight is 329 g/mol. The van der Waals surface area contributed by atoms with Gasteiger partial charge < -0.3 is 14.5 Å². The molecule has 126 valence electrons. The predicted octanol–water partition coefficient (Wildman–Crippen LogP) is 2.73. The molecule has 6 nitrogen and oxygen atoms in total. The van der Waals surface area contributed by atoms with Gasteiger partial charge in [-0.15, -0.1) is 0 Å². The minimum absolute atomic E-state index is 0.125. The highest BCUT2D eigenvalue weighted by Crippen LogP contribution is 2.17. The largest absolute Gasteiger partial charge is 0.465 e. The van der Waals surface area contributed by atoms with Crippen LogP contribution in [0.2, 0.25) is 0 Å². The van der Waals surface area contributed by atoms with E-state index in [0.29, 0.717) is 28.2 Å². The molecular formula is C18H19NO5. The van der Waals surface area contributed by atoms with Crippen molar-refractivity contribution < 1.29 is 23.5 Å². The van der Waals surface area contributed by atoms with Crippen molar-refractivity contribution in [3.05, 3.63) is 57.5 Å². The first-order valence-electron chi connectivity index (χ1n) is 7.39. The monoisotopic (exact) mass is 329 g/mol. The number of furan rings is 1. The molecule has 1 N–H and O–H groups in total. The molecule has 0 aliphatic heterocycles. The van der Waals surface area contributed by atoms with Gasteiger partial charge in [-0.05, 0) is 44.0 Å². The van der Waals surface area contributed by atoms with Gasteiger partial charge in [-0.2, -0.15) is 0 Å². The molecule has 0 bridgehead atoms. The summed E-state index contributed by atoms with van der Waals surface area (Å²) >= 11 is 0. The van der Waals surface area contributed by atoms with Gasteiger partial charge in [0.05, 0.1) is 13.7 Å². The third-order valence-corrected chi connectivity index (χ3v) is 3.78. The zero-order chi connectivity index (χ0) is 17.9. The summed E-state index contributed by atoms with van der Waals surface area (Å²) in [7, 11) is 1.29. The molecule has 2 aromatic rings. The van der Waals surface area contributed by atoms with E-state index < -0.39 is 5.97 Å². The van der Waals surface area contributed by atoms with Crippen LogP contribution in [0.1, 0.15) is 53.7 Å². The summed E-state index contributed by atoms with van der Waals surface area (Å²) in [5.41, 5.74) is 2.84. The second-order valence-electron chi connectivity index (χ2n) is 5.50. The number of rotatable bonds is 5. The van der Waals surface area contributed by atoms with Crippen LogP contribution >= 0.6 is 0 Å². The molecule has 1 heterocycles. The lowest BCUT2D eigenvalue weighted by Gasteiger charge is -2.09. The summed E-state index contributed by atoms with van der Waals surface area (Å²) < 4.78 is 10.1. The SMILES string of the molecule is COC(=O)c1cc(CNC(=O)c2cc(C=O)c(C)cc2C)oc1C. The topological polar surface area (TPSA) is 85.6 Å². The fraction of sp³-hybridized carbons (Fsp3) is 0.278. The van der Waals surface area contributed by atoms with Crippen molar-refractivity contribution in [2.45, 2.75) is 27.3 Å². The van der Waals surface area contributed by atoms with Crippen LogP contribution in [-0.2, 0) is 11.3 Å². The maximum Gasteiger partial charge on any atom is 0.341 e. The van der Waals surface area contributed by atoms with Crippen molar-refractivity contribution >= 4 is 18.2 Å². The Labute approximate surface area is 139 Å². The molecule has 0 aliphatic carbocycles. The molecule has 24 heavy (non-hydrogen) atoms. The van der Waals surface area contributed by atoms with Gasteiger partial charge in [0.25, 0.3) is 5.91 Å². The average Bonchev–Trinajstić information content (AvgIpc) is 2.93. The maximum atomic E-state index is 12.3. The summed E-state index contributed by atoms with van der Waals surface area (Å²) in [6, 6.07) is 4.91. The van der Waals surface area contributed by atoms with Gasteiger partial charge in [0.2, 0.25) is 0 Å². The number of aldehydes is 1. The summed E-state index contributed by atoms with van der Waals surface area (Å²) in [5, 5.41) is 2.72. The van der Waals surface area contributed by atoms with Crippen molar-refractivity contribution in [3.63, 3.8) is 0 Å². The van der Waals surface area contributed by atoms with Crippen molar-refractivity contribution in [2.75, 3.05) is 7.11 Å². The van der Waals surface area contributed by atoms with E-state index >= 15 is 0 Å². The highest BCUT2D eigenvalue weighted by atomic mass is 16.5. The lowest BCUT2D eigenvalue weighted by atomic mass is 10.00. The first kappa shape index (κ1) is 17.5. The number of methoxy groups -OCH3 is 1. The molecule has 0 spiro atoms. The molecule has 0 unspecified atom stereocenters. The zero-order valence-corrected chi connectivity index (χ0v) is 14.1. The maximum absolute atomic E-state index is 12.3. The highest BCUT2D eigenvalue weighted by Gasteiger charge is 2.17. The van der Waals surface area contributed by atoms with Crippen LogP contribution in [-0.4, -0.2) is 25.3 Å². The van der Waals surface area contributed by atoms with Crippen LogP contribution in [0.25, 0.3) is 0 Å². The smallest absolute Gasteiger partial charge is 0.341 e. The summed E-state index contributed by atoms with van der Waals surface area (Å²) in [4.78, 5) is 34.9. The van der Waals surface area contributed by atoms with E-state index in [1.54, 1.807) is 25.1 Å². The molecule has 1 amide bonds. The fourth-order valence-corrected chi connectivity index (χ4v) is 2.45. The number of nitrogens with one attached hydrogen (secondary N) is 1. The van der Waals surface area contributed by atoms with Crippen LogP contribution in [0.5, 0.6) is 0 Å². The minimum Gasteiger partial charge on any atom is -0.465 e. The van der Waals surface area contributed by atoms with E-state index in [1.165, 1.54) is 7.11 Å². The molecule has 6 heteroatoms. The van der Waals surface area contributed by atoms with Crippen molar-refractivity contribution in [2.24, 2.45) is 0 Å². The Balaban J connectivity index is 2.14. The van der Waals surface area contributed by atoms with Gasteiger partial charge in [-0.1, -0.05) is 6.07 Å². The van der Waals surface area contributed by atoms with Crippen LogP contribution in [0, 0.1) is 20.8 Å². The van der Waals surface area contributed by atoms with E-state index in [2.05, 4.69) is 10.1 Å². The van der Waals surface area contributed by atoms with Crippen molar-refractivity contribution in [1.29, 1.82) is 0 Å². The van der Waals surface area contributed by atoms with E-state index in [-0.39, 0.29) is 12.5 Å². The molecule has 2 rings (SSSR count). The van der Waals surface area contributed by atoms with E-state index in [9.17, 15) is 14.4 Å². The Morgan fingerprint density at radius 2 is 1.83 bits per heavy atom. The Kier molecular flexibility index (Phi) is 5.18. The van der Waals surface area contributed by atoms with Crippen molar-refractivity contribution in [3.8, 4) is 0 Å². The number of amides is 1. The van der Waals surface area contributed by atoms with E-state index in [0.717, 1.165) is 17.4 Å². The van der Waals surface area contributed by atoms with Crippen LogP contribution < -0.4 is 5.32 Å². The first-order valence-corrected chi connectivity index (χ1v) is 7.39. The molecular weight excluding hydrogens is 310 g/mol. The van der Waals surface area contributed by atoms with Gasteiger partial charge in [-0.3, -0.25) is 9.59 Å². The second kappa shape index (κ2) is 7.12. The van der Waals surface area contributed by atoms with Crippen LogP contribution in [0.4, 0.5) is 0 Å². The van der Waals surface area contributed by atoms with E-state index in [1.807, 2.05) is 13.8 Å². The fourth-order valence-electron chi connectivity index (χ4n) is 2.45. The van der Waals surface area contributed by atoms with Gasteiger partial charge in [0, 0.05) is 11.1 Å². The Hall–Kier alpha value is -2.89. The predicted molar refractivity (Wildman–Crippen MR) is 87.3 cm³/mol. The molecule has 0 atom stereocenters. The Morgan fingerprint density at radius 1 is 1.12 bits per heavy atom. The van der Waals surface area contributed by atoms with Crippen LogP contribution in [0.3, 0.4) is 0 Å². The van der Waals surface area contributed by atoms with Crippen LogP contribution in [0.15, 0.2) is 22.6 Å². The number of ether oxygens (including phenoxy) is 1. The molecule has 0 saturated carbocycles. The summed E-state index contributed by atoms with van der Waals surface area (Å²) in [6.07, 6.45) is 0.726. The zero-order valence-electron chi connectivity index (χ0n) is 14.1. The quantitative estimate of drug-likeness (QED) is 0.673. The number of carbonyl (C=O) groups is 3. The number of carbonyl (C=O) groups excluding carboxylic acids is 3. The molecule has 0 radical (unpaired) electrons. The number of hydrogen-bond acceptors (Lipinski definition) is 5. The number of hydrogen-bond donors (Lipinski definition) is 1. The Morgan fingerprint density at radius 3 is 2.46 bits per heavy atom. The molecule has 0 fully saturated rings. The third-order valence-electron chi connectivity index (χ3n) is 3.78. The lowest BCUT2D eigenvalue weighted by molar-refractivity contribution is 0.0598. The van der Waals surface area contributed by atoms with Gasteiger partial charge in [0.1, 0.15) is 23.4 Å². The standard InChI is InChI=1S/C18H19NO5/c1-10-5-11(2)15(6-13(10)9-20)17(21)19-8-14-7-16(12(3)24-14)18(22)23-4/h5-7,9H,8H2,1-4H3,(H,19,21). The van der Waals surface area contributed by atoms with E-state index in [4.69, 9.17) is 4.42 Å². The normalized spacial score (nSPS) is 10.3. The number of esters is 1. The highest BCUT2D eigenvalue weighted by molar-refractivity contribution is 5.97. The Bertz CT molecular complexity index is 804. The minimum atomic E-state index is -0.487. The number of aryl methyl sites for hydroxylation is 3. The first-order chi connectivity index (χ1) is 11.4. The lowest BCUT2D eigenvalue weighted by Crippen LogP contribution is -2.23. The summed E-state index contributed by atoms with van der Waals surface area (Å²) in [5.74, 6) is 0.0746. The van der Waals surface area contributed by atoms with Gasteiger partial charge in [-0.25, -0.2) is 4.79 Å². The second-order valence-corrected chi connectivity index (χ2v) is 5.50. The molecule has 1 aromatic carbocycles. The molecule has 1 aromatic heterocycles. The summed E-state index contributed by atoms with van der Waals surface area (Å²) in [6.45, 7) is 5.40. The third kappa shape index (κ3) is 3.53. The molecule has 0 aliphatic rings. The van der Waals surface area contributed by atoms with Crippen molar-refractivity contribution in [1.82, 2.24) is 5.32 Å². The number of benzene rings is 1.